The van der Waals surface area contributed by atoms with E-state index < -0.39 is 0 Å². The Morgan fingerprint density at radius 3 is 0.667 bits per heavy atom. The summed E-state index contributed by atoms with van der Waals surface area (Å²) in [7, 11) is 0. The smallest absolute Gasteiger partial charge is 0.102 e. The van der Waals surface area contributed by atoms with Gasteiger partial charge in [0.25, 0.3) is 0 Å². The summed E-state index contributed by atoms with van der Waals surface area (Å²) < 4.78 is 0. The molecule has 0 fully saturated rings. The van der Waals surface area contributed by atoms with Gasteiger partial charge in [-0.1, -0.05) is 144 Å². The van der Waals surface area contributed by atoms with Gasteiger partial charge in [0.05, 0.1) is 45.0 Å². The Bertz CT molecular complexity index is 2380. The molecule has 54 heavy (non-hydrogen) atoms. The number of benzene rings is 5. The minimum absolute atomic E-state index is 0.279. The van der Waals surface area contributed by atoms with Crippen LogP contribution < -0.4 is 0 Å². The van der Waals surface area contributed by atoms with Gasteiger partial charge in [-0.25, -0.2) is 9.97 Å². The number of nitriles is 4. The van der Waals surface area contributed by atoms with Gasteiger partial charge >= 0.3 is 0 Å². The summed E-state index contributed by atoms with van der Waals surface area (Å²) in [5, 5.41) is 42.8. The van der Waals surface area contributed by atoms with E-state index in [-0.39, 0.29) is 22.3 Å². The minimum Gasteiger partial charge on any atom is -0.245 e. The van der Waals surface area contributed by atoms with Crippen molar-refractivity contribution in [3.05, 3.63) is 166 Å². The lowest BCUT2D eigenvalue weighted by Gasteiger charge is -2.18. The Labute approximate surface area is 315 Å². The van der Waals surface area contributed by atoms with E-state index in [9.17, 15) is 21.0 Å². The van der Waals surface area contributed by atoms with Gasteiger partial charge in [0, 0.05) is 33.4 Å². The Morgan fingerprint density at radius 2 is 0.481 bits per heavy atom. The fourth-order valence-corrected chi connectivity index (χ4v) is 6.67. The number of rotatable bonds is 6. The molecule has 6 heteroatoms. The van der Waals surface area contributed by atoms with Gasteiger partial charge in [0.2, 0.25) is 0 Å². The average molecular weight is 693 g/mol. The van der Waals surface area contributed by atoms with Crippen LogP contribution >= 0.6 is 0 Å². The summed E-state index contributed by atoms with van der Waals surface area (Å²) in [6.07, 6.45) is 0. The first-order valence-corrected chi connectivity index (χ1v) is 17.4. The molecule has 0 saturated heterocycles. The van der Waals surface area contributed by atoms with E-state index in [1.807, 2.05) is 149 Å². The molecular weight excluding hydrogens is 661 g/mol. The number of hydrogen-bond donors (Lipinski definition) is 0. The molecule has 0 unspecified atom stereocenters. The third-order valence-electron chi connectivity index (χ3n) is 9.60. The summed E-state index contributed by atoms with van der Waals surface area (Å²) in [5.41, 5.74) is 12.5. The molecular formula is C48H32N6. The van der Waals surface area contributed by atoms with Gasteiger partial charge in [0.15, 0.2) is 0 Å². The van der Waals surface area contributed by atoms with E-state index in [1.165, 1.54) is 0 Å². The van der Waals surface area contributed by atoms with Crippen molar-refractivity contribution < 1.29 is 0 Å². The van der Waals surface area contributed by atoms with Crippen LogP contribution in [-0.4, -0.2) is 9.97 Å². The van der Waals surface area contributed by atoms with Crippen LogP contribution in [-0.2, 0) is 0 Å². The van der Waals surface area contributed by atoms with Gasteiger partial charge in [-0.3, -0.25) is 0 Å². The number of nitrogens with zero attached hydrogens (tertiary/aromatic N) is 6. The molecule has 0 atom stereocenters. The van der Waals surface area contributed by atoms with Crippen LogP contribution in [0.15, 0.2) is 121 Å². The topological polar surface area (TPSA) is 121 Å². The maximum absolute atomic E-state index is 10.7. The second-order valence-electron chi connectivity index (χ2n) is 13.4. The fourth-order valence-electron chi connectivity index (χ4n) is 6.67. The summed E-state index contributed by atoms with van der Waals surface area (Å²) in [5.74, 6) is 0. The highest BCUT2D eigenvalue weighted by Gasteiger charge is 2.26. The summed E-state index contributed by atoms with van der Waals surface area (Å²) in [6.45, 7) is 7.99. The standard InChI is InChI=1S/C48H32N6/c1-29-5-13-35(14-6-29)45-39(25-49)43(40(26-50)46(53-45)36-15-7-30(2)8-16-36)33-21-23-34(24-22-33)44-41(27-51)47(37-17-9-31(3)10-18-37)54-48(42(44)28-52)38-19-11-32(4)12-20-38/h5-24H,1-4H3. The first kappa shape index (κ1) is 34.8. The Balaban J connectivity index is 1.49. The molecule has 0 aliphatic rings. The van der Waals surface area contributed by atoms with Crippen LogP contribution in [0.1, 0.15) is 44.5 Å². The Morgan fingerprint density at radius 1 is 0.296 bits per heavy atom. The lowest BCUT2D eigenvalue weighted by molar-refractivity contribution is 1.27. The van der Waals surface area contributed by atoms with Gasteiger partial charge in [0.1, 0.15) is 24.3 Å². The van der Waals surface area contributed by atoms with Crippen molar-refractivity contribution in [3.8, 4) is 91.6 Å². The average Bonchev–Trinajstić information content (AvgIpc) is 3.20. The van der Waals surface area contributed by atoms with Gasteiger partial charge in [-0.05, 0) is 38.8 Å². The highest BCUT2D eigenvalue weighted by molar-refractivity contribution is 5.92. The third-order valence-corrected chi connectivity index (χ3v) is 9.60. The highest BCUT2D eigenvalue weighted by Crippen LogP contribution is 2.42. The van der Waals surface area contributed by atoms with E-state index >= 15 is 0 Å². The molecule has 0 saturated carbocycles. The molecule has 0 bridgehead atoms. The molecule has 2 heterocycles. The largest absolute Gasteiger partial charge is 0.245 e. The minimum atomic E-state index is 0.279. The Hall–Kier alpha value is -7.64. The zero-order valence-electron chi connectivity index (χ0n) is 30.2. The SMILES string of the molecule is Cc1ccc(-c2nc(-c3ccc(C)cc3)c(C#N)c(-c3ccc(-c4c(C#N)c(-c5ccc(C)cc5)nc(-c5ccc(C)cc5)c4C#N)cc3)c2C#N)cc1. The quantitative estimate of drug-likeness (QED) is 0.171. The highest BCUT2D eigenvalue weighted by atomic mass is 14.7. The molecule has 254 valence electrons. The van der Waals surface area contributed by atoms with Crippen molar-refractivity contribution in [1.29, 1.82) is 21.0 Å². The van der Waals surface area contributed by atoms with E-state index in [1.54, 1.807) is 0 Å². The number of pyridine rings is 2. The predicted octanol–water partition coefficient (Wildman–Crippen LogP) is 11.2. The maximum Gasteiger partial charge on any atom is 0.102 e. The van der Waals surface area contributed by atoms with Crippen LogP contribution in [0.3, 0.4) is 0 Å². The zero-order chi connectivity index (χ0) is 37.9. The monoisotopic (exact) mass is 692 g/mol. The fraction of sp³-hybridized carbons (Fsp3) is 0.0833. The Kier molecular flexibility index (Phi) is 9.37. The van der Waals surface area contributed by atoms with Crippen LogP contribution in [0.5, 0.6) is 0 Å². The first-order chi connectivity index (χ1) is 26.2. The van der Waals surface area contributed by atoms with Crippen molar-refractivity contribution >= 4 is 0 Å². The van der Waals surface area contributed by atoms with Crippen LogP contribution in [0.4, 0.5) is 0 Å². The molecule has 0 aliphatic carbocycles. The van der Waals surface area contributed by atoms with E-state index in [2.05, 4.69) is 24.3 Å². The molecule has 7 rings (SSSR count). The van der Waals surface area contributed by atoms with Crippen LogP contribution in [0.25, 0.3) is 67.3 Å². The van der Waals surface area contributed by atoms with Crippen molar-refractivity contribution in [2.45, 2.75) is 27.7 Å². The molecule has 5 aromatic carbocycles. The second kappa shape index (κ2) is 14.5. The van der Waals surface area contributed by atoms with Crippen molar-refractivity contribution in [1.82, 2.24) is 9.97 Å². The zero-order valence-corrected chi connectivity index (χ0v) is 30.2. The summed E-state index contributed by atoms with van der Waals surface area (Å²) in [4.78, 5) is 9.95. The van der Waals surface area contributed by atoms with Gasteiger partial charge in [-0.2, -0.15) is 21.0 Å². The van der Waals surface area contributed by atoms with E-state index in [4.69, 9.17) is 9.97 Å². The lowest BCUT2D eigenvalue weighted by Crippen LogP contribution is -2.03. The number of hydrogen-bond acceptors (Lipinski definition) is 6. The lowest BCUT2D eigenvalue weighted by atomic mass is 9.87. The number of aryl methyl sites for hydroxylation is 4. The second-order valence-corrected chi connectivity index (χ2v) is 13.4. The van der Waals surface area contributed by atoms with E-state index in [0.717, 1.165) is 44.5 Å². The molecule has 0 amide bonds. The van der Waals surface area contributed by atoms with Gasteiger partial charge < -0.3 is 0 Å². The number of aromatic nitrogens is 2. The van der Waals surface area contributed by atoms with Crippen molar-refractivity contribution in [3.63, 3.8) is 0 Å². The molecule has 7 aromatic rings. The first-order valence-electron chi connectivity index (χ1n) is 17.4. The maximum atomic E-state index is 10.7. The summed E-state index contributed by atoms with van der Waals surface area (Å²) >= 11 is 0. The molecule has 0 aliphatic heterocycles. The van der Waals surface area contributed by atoms with Crippen molar-refractivity contribution in [2.24, 2.45) is 0 Å². The van der Waals surface area contributed by atoms with Crippen LogP contribution in [0, 0.1) is 73.0 Å². The van der Waals surface area contributed by atoms with Gasteiger partial charge in [-0.15, -0.1) is 0 Å². The molecule has 0 radical (unpaired) electrons. The molecule has 2 aromatic heterocycles. The molecule has 6 nitrogen and oxygen atoms in total. The van der Waals surface area contributed by atoms with E-state index in [0.29, 0.717) is 45.0 Å². The summed E-state index contributed by atoms with van der Waals surface area (Å²) in [6, 6.07) is 48.1. The molecule has 0 N–H and O–H groups in total. The van der Waals surface area contributed by atoms with Crippen molar-refractivity contribution in [2.75, 3.05) is 0 Å². The third kappa shape index (κ3) is 6.38. The normalized spacial score (nSPS) is 10.5. The predicted molar refractivity (Wildman–Crippen MR) is 212 cm³/mol. The molecule has 0 spiro atoms. The van der Waals surface area contributed by atoms with Crippen LogP contribution in [0.2, 0.25) is 0 Å².